The fourth-order valence-electron chi connectivity index (χ4n) is 1.02. The Labute approximate surface area is 107 Å². The Kier molecular flexibility index (Phi) is 4.82. The molecule has 1 amide bonds. The summed E-state index contributed by atoms with van der Waals surface area (Å²) in [5.41, 5.74) is 0.531. The van der Waals surface area contributed by atoms with Gasteiger partial charge in [0, 0.05) is 14.6 Å². The second-order valence-electron chi connectivity index (χ2n) is 3.18. The van der Waals surface area contributed by atoms with Gasteiger partial charge in [0.15, 0.2) is 0 Å². The SMILES string of the molecule is C[C@@H](CO)NC(=O)c1cc(Cl)ccc1I. The molecule has 3 nitrogen and oxygen atoms in total. The van der Waals surface area contributed by atoms with E-state index in [0.717, 1.165) is 3.57 Å². The molecule has 0 radical (unpaired) electrons. The third-order valence-corrected chi connectivity index (χ3v) is 3.00. The molecule has 1 aromatic carbocycles. The molecule has 0 spiro atoms. The van der Waals surface area contributed by atoms with Crippen LogP contribution in [0.5, 0.6) is 0 Å². The number of carbonyl (C=O) groups excluding carboxylic acids is 1. The Balaban J connectivity index is 2.86. The van der Waals surface area contributed by atoms with Gasteiger partial charge in [-0.1, -0.05) is 11.6 Å². The molecule has 2 N–H and O–H groups in total. The van der Waals surface area contributed by atoms with Gasteiger partial charge in [0.05, 0.1) is 12.2 Å². The van der Waals surface area contributed by atoms with Gasteiger partial charge in [-0.05, 0) is 47.7 Å². The van der Waals surface area contributed by atoms with Crippen molar-refractivity contribution in [2.75, 3.05) is 6.61 Å². The first-order valence-electron chi connectivity index (χ1n) is 4.41. The molecule has 0 unspecified atom stereocenters. The summed E-state index contributed by atoms with van der Waals surface area (Å²) in [6.07, 6.45) is 0. The monoisotopic (exact) mass is 339 g/mol. The predicted molar refractivity (Wildman–Crippen MR) is 68.2 cm³/mol. The molecule has 1 rings (SSSR count). The molecule has 0 fully saturated rings. The van der Waals surface area contributed by atoms with E-state index in [1.54, 1.807) is 25.1 Å². The van der Waals surface area contributed by atoms with Gasteiger partial charge >= 0.3 is 0 Å². The van der Waals surface area contributed by atoms with Crippen LogP contribution in [-0.4, -0.2) is 23.7 Å². The summed E-state index contributed by atoms with van der Waals surface area (Å²) in [6, 6.07) is 4.87. The molecular formula is C10H11ClINO2. The molecule has 15 heavy (non-hydrogen) atoms. The lowest BCUT2D eigenvalue weighted by atomic mass is 10.2. The van der Waals surface area contributed by atoms with Gasteiger partial charge in [-0.15, -0.1) is 0 Å². The molecule has 82 valence electrons. The summed E-state index contributed by atoms with van der Waals surface area (Å²) in [4.78, 5) is 11.7. The first-order chi connectivity index (χ1) is 7.04. The molecule has 0 aromatic heterocycles. The number of halogens is 2. The summed E-state index contributed by atoms with van der Waals surface area (Å²) in [5.74, 6) is -0.219. The number of carbonyl (C=O) groups is 1. The number of hydrogen-bond acceptors (Lipinski definition) is 2. The van der Waals surface area contributed by atoms with E-state index >= 15 is 0 Å². The van der Waals surface area contributed by atoms with Crippen LogP contribution in [0.15, 0.2) is 18.2 Å². The van der Waals surface area contributed by atoms with E-state index in [2.05, 4.69) is 27.9 Å². The lowest BCUT2D eigenvalue weighted by Gasteiger charge is -2.11. The zero-order valence-electron chi connectivity index (χ0n) is 8.13. The first kappa shape index (κ1) is 12.7. The average molecular weight is 340 g/mol. The van der Waals surface area contributed by atoms with Crippen molar-refractivity contribution in [3.8, 4) is 0 Å². The van der Waals surface area contributed by atoms with Crippen LogP contribution in [-0.2, 0) is 0 Å². The van der Waals surface area contributed by atoms with Gasteiger partial charge in [-0.25, -0.2) is 0 Å². The van der Waals surface area contributed by atoms with Crippen molar-refractivity contribution in [1.29, 1.82) is 0 Å². The van der Waals surface area contributed by atoms with Gasteiger partial charge in [0.2, 0.25) is 0 Å². The standard InChI is InChI=1S/C10H11ClINO2/c1-6(5-14)13-10(15)8-4-7(11)2-3-9(8)12/h2-4,6,14H,5H2,1H3,(H,13,15)/t6-/m0/s1. The Morgan fingerprint density at radius 2 is 2.33 bits per heavy atom. The van der Waals surface area contributed by atoms with Crippen molar-refractivity contribution in [1.82, 2.24) is 5.32 Å². The summed E-state index contributed by atoms with van der Waals surface area (Å²) >= 11 is 7.87. The van der Waals surface area contributed by atoms with Crippen molar-refractivity contribution in [3.05, 3.63) is 32.4 Å². The Morgan fingerprint density at radius 1 is 1.67 bits per heavy atom. The molecule has 5 heteroatoms. The lowest BCUT2D eigenvalue weighted by Crippen LogP contribution is -2.35. The summed E-state index contributed by atoms with van der Waals surface area (Å²) in [6.45, 7) is 1.65. The van der Waals surface area contributed by atoms with Gasteiger partial charge in [-0.2, -0.15) is 0 Å². The minimum absolute atomic E-state index is 0.0805. The molecule has 0 bridgehead atoms. The Hall–Kier alpha value is -0.330. The van der Waals surface area contributed by atoms with Gasteiger partial charge in [0.1, 0.15) is 0 Å². The average Bonchev–Trinajstić information content (AvgIpc) is 2.21. The van der Waals surface area contributed by atoms with Crippen LogP contribution >= 0.6 is 34.2 Å². The number of amides is 1. The van der Waals surface area contributed by atoms with E-state index in [1.165, 1.54) is 0 Å². The highest BCUT2D eigenvalue weighted by Crippen LogP contribution is 2.17. The normalized spacial score (nSPS) is 12.3. The minimum Gasteiger partial charge on any atom is -0.394 e. The largest absolute Gasteiger partial charge is 0.394 e. The number of aliphatic hydroxyl groups is 1. The van der Waals surface area contributed by atoms with E-state index in [-0.39, 0.29) is 18.6 Å². The fourth-order valence-corrected chi connectivity index (χ4v) is 1.77. The van der Waals surface area contributed by atoms with E-state index in [9.17, 15) is 4.79 Å². The minimum atomic E-state index is -0.257. The van der Waals surface area contributed by atoms with Gasteiger partial charge in [-0.3, -0.25) is 4.79 Å². The van der Waals surface area contributed by atoms with Crippen LogP contribution < -0.4 is 5.32 Å². The van der Waals surface area contributed by atoms with Crippen molar-refractivity contribution in [3.63, 3.8) is 0 Å². The van der Waals surface area contributed by atoms with Crippen molar-refractivity contribution >= 4 is 40.1 Å². The third kappa shape index (κ3) is 3.62. The number of hydrogen-bond donors (Lipinski definition) is 2. The van der Waals surface area contributed by atoms with Crippen LogP contribution in [0.1, 0.15) is 17.3 Å². The topological polar surface area (TPSA) is 49.3 Å². The third-order valence-electron chi connectivity index (χ3n) is 1.82. The van der Waals surface area contributed by atoms with Gasteiger partial charge < -0.3 is 10.4 Å². The van der Waals surface area contributed by atoms with Crippen LogP contribution in [0.25, 0.3) is 0 Å². The molecule has 0 aliphatic carbocycles. The maximum absolute atomic E-state index is 11.7. The van der Waals surface area contributed by atoms with Gasteiger partial charge in [0.25, 0.3) is 5.91 Å². The van der Waals surface area contributed by atoms with Crippen molar-refractivity contribution in [2.24, 2.45) is 0 Å². The number of nitrogens with one attached hydrogen (secondary N) is 1. The molecular weight excluding hydrogens is 328 g/mol. The highest BCUT2D eigenvalue weighted by molar-refractivity contribution is 14.1. The number of rotatable bonds is 3. The van der Waals surface area contributed by atoms with Crippen LogP contribution in [0.3, 0.4) is 0 Å². The van der Waals surface area contributed by atoms with Crippen LogP contribution in [0.4, 0.5) is 0 Å². The second kappa shape index (κ2) is 5.67. The highest BCUT2D eigenvalue weighted by atomic mass is 127. The lowest BCUT2D eigenvalue weighted by molar-refractivity contribution is 0.0921. The molecule has 0 aliphatic rings. The molecule has 1 atom stereocenters. The number of benzene rings is 1. The summed E-state index contributed by atoms with van der Waals surface area (Å²) < 4.78 is 0.833. The maximum Gasteiger partial charge on any atom is 0.252 e. The summed E-state index contributed by atoms with van der Waals surface area (Å²) in [5, 5.41) is 12.0. The second-order valence-corrected chi connectivity index (χ2v) is 4.78. The Bertz CT molecular complexity index is 370. The van der Waals surface area contributed by atoms with E-state index in [4.69, 9.17) is 16.7 Å². The van der Waals surface area contributed by atoms with Crippen LogP contribution in [0.2, 0.25) is 5.02 Å². The molecule has 1 aromatic rings. The van der Waals surface area contributed by atoms with E-state index < -0.39 is 0 Å². The van der Waals surface area contributed by atoms with E-state index in [1.807, 2.05) is 0 Å². The summed E-state index contributed by atoms with van der Waals surface area (Å²) in [7, 11) is 0. The fraction of sp³-hybridized carbons (Fsp3) is 0.300. The maximum atomic E-state index is 11.7. The highest BCUT2D eigenvalue weighted by Gasteiger charge is 2.12. The van der Waals surface area contributed by atoms with Crippen molar-refractivity contribution in [2.45, 2.75) is 13.0 Å². The first-order valence-corrected chi connectivity index (χ1v) is 5.87. The van der Waals surface area contributed by atoms with E-state index in [0.29, 0.717) is 10.6 Å². The molecule has 0 saturated heterocycles. The zero-order valence-corrected chi connectivity index (χ0v) is 11.0. The zero-order chi connectivity index (χ0) is 11.4. The van der Waals surface area contributed by atoms with Crippen molar-refractivity contribution < 1.29 is 9.90 Å². The predicted octanol–water partition coefficient (Wildman–Crippen LogP) is 2.06. The number of aliphatic hydroxyl groups excluding tert-OH is 1. The van der Waals surface area contributed by atoms with Crippen LogP contribution in [0, 0.1) is 3.57 Å². The quantitative estimate of drug-likeness (QED) is 0.828. The molecule has 0 heterocycles. The molecule has 0 saturated carbocycles. The Morgan fingerprint density at radius 3 is 2.93 bits per heavy atom. The smallest absolute Gasteiger partial charge is 0.252 e. The molecule has 0 aliphatic heterocycles.